The summed E-state index contributed by atoms with van der Waals surface area (Å²) in [5.74, 6) is -0.401. The number of hydrogen-bond acceptors (Lipinski definition) is 4. The molecule has 0 spiro atoms. The highest BCUT2D eigenvalue weighted by Crippen LogP contribution is 2.19. The zero-order valence-corrected chi connectivity index (χ0v) is 20.5. The van der Waals surface area contributed by atoms with E-state index < -0.39 is 6.04 Å². The zero-order valence-electron chi connectivity index (χ0n) is 19.7. The zero-order chi connectivity index (χ0) is 23.8. The Bertz CT molecular complexity index is 1050. The summed E-state index contributed by atoms with van der Waals surface area (Å²) >= 11 is 1.37. The van der Waals surface area contributed by atoms with Gasteiger partial charge in [-0.25, -0.2) is 0 Å². The maximum absolute atomic E-state index is 13.1. The van der Waals surface area contributed by atoms with Gasteiger partial charge in [0, 0.05) is 25.6 Å². The molecule has 3 aromatic rings. The van der Waals surface area contributed by atoms with E-state index in [1.807, 2.05) is 41.8 Å². The summed E-state index contributed by atoms with van der Waals surface area (Å²) in [6.07, 6.45) is 4.32. The lowest BCUT2D eigenvalue weighted by Crippen LogP contribution is -2.47. The van der Waals surface area contributed by atoms with E-state index in [0.29, 0.717) is 23.9 Å². The van der Waals surface area contributed by atoms with Crippen molar-refractivity contribution >= 4 is 23.2 Å². The number of benzene rings is 2. The maximum atomic E-state index is 13.1. The molecule has 1 aliphatic rings. The van der Waals surface area contributed by atoms with Gasteiger partial charge in [0.25, 0.3) is 5.91 Å². The normalized spacial score (nSPS) is 17.1. The van der Waals surface area contributed by atoms with Crippen LogP contribution in [0.25, 0.3) is 0 Å². The number of nitrogens with zero attached hydrogens (tertiary/aromatic N) is 1. The van der Waals surface area contributed by atoms with Crippen LogP contribution >= 0.6 is 11.3 Å². The molecule has 2 heterocycles. The molecule has 0 bridgehead atoms. The molecular formula is C28H33N3O2S. The van der Waals surface area contributed by atoms with Crippen LogP contribution in [-0.4, -0.2) is 35.3 Å². The van der Waals surface area contributed by atoms with Crippen molar-refractivity contribution in [3.63, 3.8) is 0 Å². The second-order valence-corrected chi connectivity index (χ2v) is 9.99. The van der Waals surface area contributed by atoms with E-state index in [1.54, 1.807) is 6.07 Å². The summed E-state index contributed by atoms with van der Waals surface area (Å²) in [7, 11) is 0. The maximum Gasteiger partial charge on any atom is 0.262 e. The Kier molecular flexibility index (Phi) is 8.50. The Balaban J connectivity index is 1.35. The highest BCUT2D eigenvalue weighted by atomic mass is 32.1. The fraction of sp³-hybridized carbons (Fsp3) is 0.357. The molecule has 2 unspecified atom stereocenters. The van der Waals surface area contributed by atoms with E-state index in [4.69, 9.17) is 0 Å². The van der Waals surface area contributed by atoms with Crippen molar-refractivity contribution in [1.29, 1.82) is 0 Å². The molecule has 1 saturated heterocycles. The highest BCUT2D eigenvalue weighted by Gasteiger charge is 2.22. The first kappa shape index (κ1) is 24.2. The average Bonchev–Trinajstić information content (AvgIpc) is 3.40. The van der Waals surface area contributed by atoms with Crippen molar-refractivity contribution in [3.8, 4) is 0 Å². The summed E-state index contributed by atoms with van der Waals surface area (Å²) in [6.45, 7) is 4.88. The fourth-order valence-electron chi connectivity index (χ4n) is 4.40. The quantitative estimate of drug-likeness (QED) is 0.468. The van der Waals surface area contributed by atoms with Gasteiger partial charge in [0.05, 0.1) is 4.88 Å². The molecule has 0 aliphatic carbocycles. The Morgan fingerprint density at radius 3 is 2.44 bits per heavy atom. The van der Waals surface area contributed by atoms with Gasteiger partial charge in [-0.05, 0) is 54.4 Å². The first-order valence-electron chi connectivity index (χ1n) is 12.1. The largest absolute Gasteiger partial charge is 0.350 e. The average molecular weight is 476 g/mol. The van der Waals surface area contributed by atoms with E-state index in [-0.39, 0.29) is 11.8 Å². The Morgan fingerprint density at radius 1 is 0.971 bits per heavy atom. The Labute approximate surface area is 206 Å². The molecule has 1 aliphatic heterocycles. The van der Waals surface area contributed by atoms with Crippen LogP contribution in [0.15, 0.2) is 72.1 Å². The van der Waals surface area contributed by atoms with Crippen LogP contribution < -0.4 is 10.6 Å². The van der Waals surface area contributed by atoms with Gasteiger partial charge in [-0.1, -0.05) is 67.1 Å². The first-order valence-corrected chi connectivity index (χ1v) is 12.9. The Morgan fingerprint density at radius 2 is 1.74 bits per heavy atom. The van der Waals surface area contributed by atoms with Crippen LogP contribution in [0.3, 0.4) is 0 Å². The van der Waals surface area contributed by atoms with Crippen molar-refractivity contribution in [2.45, 2.75) is 57.8 Å². The third-order valence-corrected chi connectivity index (χ3v) is 7.33. The number of rotatable bonds is 9. The number of hydrogen-bond donors (Lipinski definition) is 2. The number of nitrogens with one attached hydrogen (secondary N) is 2. The van der Waals surface area contributed by atoms with E-state index in [9.17, 15) is 9.59 Å². The lowest BCUT2D eigenvalue weighted by Gasteiger charge is -2.33. The molecule has 2 atom stereocenters. The molecule has 0 radical (unpaired) electrons. The van der Waals surface area contributed by atoms with Gasteiger partial charge >= 0.3 is 0 Å². The molecule has 2 aromatic carbocycles. The molecule has 178 valence electrons. The monoisotopic (exact) mass is 475 g/mol. The van der Waals surface area contributed by atoms with Crippen LogP contribution in [0.2, 0.25) is 0 Å². The minimum atomic E-state index is -0.642. The predicted molar refractivity (Wildman–Crippen MR) is 138 cm³/mol. The summed E-state index contributed by atoms with van der Waals surface area (Å²) in [5.41, 5.74) is 3.35. The van der Waals surface area contributed by atoms with Gasteiger partial charge in [-0.15, -0.1) is 11.3 Å². The molecule has 34 heavy (non-hydrogen) atoms. The smallest absolute Gasteiger partial charge is 0.262 e. The molecular weight excluding hydrogens is 442 g/mol. The predicted octanol–water partition coefficient (Wildman–Crippen LogP) is 4.78. The Hall–Kier alpha value is -2.96. The molecule has 4 rings (SSSR count). The van der Waals surface area contributed by atoms with Crippen molar-refractivity contribution in [2.24, 2.45) is 0 Å². The third kappa shape index (κ3) is 6.78. The molecule has 6 heteroatoms. The van der Waals surface area contributed by atoms with E-state index in [2.05, 4.69) is 46.7 Å². The fourth-order valence-corrected chi connectivity index (χ4v) is 5.02. The van der Waals surface area contributed by atoms with E-state index >= 15 is 0 Å². The first-order chi connectivity index (χ1) is 16.6. The van der Waals surface area contributed by atoms with Crippen LogP contribution in [0.4, 0.5) is 0 Å². The van der Waals surface area contributed by atoms with Gasteiger partial charge in [-0.2, -0.15) is 0 Å². The number of thiophene rings is 1. The van der Waals surface area contributed by atoms with Crippen LogP contribution in [-0.2, 0) is 24.3 Å². The number of carbonyl (C=O) groups excluding carboxylic acids is 2. The van der Waals surface area contributed by atoms with Crippen LogP contribution in [0.1, 0.15) is 52.5 Å². The topological polar surface area (TPSA) is 61.4 Å². The minimum absolute atomic E-state index is 0.181. The summed E-state index contributed by atoms with van der Waals surface area (Å²) in [6, 6.07) is 21.8. The second-order valence-electron chi connectivity index (χ2n) is 9.04. The molecule has 2 N–H and O–H groups in total. The number of amides is 2. The van der Waals surface area contributed by atoms with Crippen molar-refractivity contribution in [2.75, 3.05) is 6.54 Å². The number of likely N-dealkylation sites (tertiary alicyclic amines) is 1. The van der Waals surface area contributed by atoms with Gasteiger partial charge in [0.2, 0.25) is 5.91 Å². The van der Waals surface area contributed by atoms with Gasteiger partial charge in [-0.3, -0.25) is 14.5 Å². The highest BCUT2D eigenvalue weighted by molar-refractivity contribution is 7.12. The standard InChI is InChI=1S/C28H33N3O2S/c1-21-8-5-6-16-31(21)20-24-14-12-23(13-15-24)19-29-27(32)25(18-22-9-3-2-4-10-22)30-28(33)26-11-7-17-34-26/h2-4,7,9-15,17,21,25H,5-6,8,16,18-20H2,1H3,(H,29,32)(H,30,33). The van der Waals surface area contributed by atoms with Crippen LogP contribution in [0, 0.1) is 0 Å². The lowest BCUT2D eigenvalue weighted by atomic mass is 10.0. The summed E-state index contributed by atoms with van der Waals surface area (Å²) in [4.78, 5) is 28.8. The molecule has 1 aromatic heterocycles. The SMILES string of the molecule is CC1CCCCN1Cc1ccc(CNC(=O)C(Cc2ccccc2)NC(=O)c2cccs2)cc1. The lowest BCUT2D eigenvalue weighted by molar-refractivity contribution is -0.123. The van der Waals surface area contributed by atoms with E-state index in [0.717, 1.165) is 17.7 Å². The van der Waals surface area contributed by atoms with Gasteiger partial charge in [0.15, 0.2) is 0 Å². The number of carbonyl (C=O) groups is 2. The van der Waals surface area contributed by atoms with Crippen molar-refractivity contribution in [1.82, 2.24) is 15.5 Å². The molecule has 2 amide bonds. The summed E-state index contributed by atoms with van der Waals surface area (Å²) < 4.78 is 0. The molecule has 1 fully saturated rings. The minimum Gasteiger partial charge on any atom is -0.350 e. The van der Waals surface area contributed by atoms with Gasteiger partial charge < -0.3 is 10.6 Å². The second kappa shape index (κ2) is 12.0. The summed E-state index contributed by atoms with van der Waals surface area (Å²) in [5, 5.41) is 7.79. The van der Waals surface area contributed by atoms with Crippen molar-refractivity contribution < 1.29 is 9.59 Å². The molecule has 5 nitrogen and oxygen atoms in total. The van der Waals surface area contributed by atoms with Crippen LogP contribution in [0.5, 0.6) is 0 Å². The number of piperidine rings is 1. The van der Waals surface area contributed by atoms with E-state index in [1.165, 1.54) is 42.7 Å². The van der Waals surface area contributed by atoms with Crippen molar-refractivity contribution in [3.05, 3.63) is 93.7 Å². The molecule has 0 saturated carbocycles. The van der Waals surface area contributed by atoms with Gasteiger partial charge in [0.1, 0.15) is 6.04 Å². The third-order valence-electron chi connectivity index (χ3n) is 6.47.